The number of rotatable bonds is 4. The molecule has 4 heteroatoms. The molecule has 25 heavy (non-hydrogen) atoms. The van der Waals surface area contributed by atoms with Crippen LogP contribution in [0.25, 0.3) is 0 Å². The minimum atomic E-state index is 0.223. The number of nitrogens with zero attached hydrogens (tertiary/aromatic N) is 2. The Morgan fingerprint density at radius 3 is 2.24 bits per heavy atom. The van der Waals surface area contributed by atoms with Gasteiger partial charge in [0.2, 0.25) is 5.91 Å². The minimum Gasteiger partial charge on any atom is -0.381 e. The lowest BCUT2D eigenvalue weighted by Crippen LogP contribution is -2.52. The fourth-order valence-corrected chi connectivity index (χ4v) is 5.65. The van der Waals surface area contributed by atoms with Crippen molar-refractivity contribution in [3.63, 3.8) is 0 Å². The van der Waals surface area contributed by atoms with Gasteiger partial charge in [0.25, 0.3) is 0 Å². The minimum absolute atomic E-state index is 0.223. The summed E-state index contributed by atoms with van der Waals surface area (Å²) in [7, 11) is 0. The van der Waals surface area contributed by atoms with E-state index in [0.717, 1.165) is 58.2 Å². The van der Waals surface area contributed by atoms with E-state index < -0.39 is 0 Å². The van der Waals surface area contributed by atoms with E-state index in [1.807, 2.05) is 0 Å². The van der Waals surface area contributed by atoms with Gasteiger partial charge in [0, 0.05) is 45.3 Å². The monoisotopic (exact) mass is 350 g/mol. The summed E-state index contributed by atoms with van der Waals surface area (Å²) < 4.78 is 5.47. The van der Waals surface area contributed by atoms with Crippen LogP contribution in [-0.4, -0.2) is 61.6 Å². The van der Waals surface area contributed by atoms with E-state index in [4.69, 9.17) is 4.74 Å². The number of amides is 1. The molecule has 144 valence electrons. The molecule has 2 heterocycles. The summed E-state index contributed by atoms with van der Waals surface area (Å²) in [6.45, 7) is 16.3. The van der Waals surface area contributed by atoms with Crippen molar-refractivity contribution in [2.75, 3.05) is 45.9 Å². The Hall–Kier alpha value is -0.610. The van der Waals surface area contributed by atoms with E-state index >= 15 is 0 Å². The molecule has 0 aromatic carbocycles. The first kappa shape index (κ1) is 19.2. The van der Waals surface area contributed by atoms with Crippen molar-refractivity contribution >= 4 is 5.91 Å². The third-order valence-electron chi connectivity index (χ3n) is 6.47. The van der Waals surface area contributed by atoms with Crippen LogP contribution >= 0.6 is 0 Å². The number of piperazine rings is 1. The Kier molecular flexibility index (Phi) is 5.79. The molecule has 4 nitrogen and oxygen atoms in total. The van der Waals surface area contributed by atoms with E-state index in [9.17, 15) is 4.79 Å². The predicted octanol–water partition coefficient (Wildman–Crippen LogP) is 3.41. The van der Waals surface area contributed by atoms with Crippen molar-refractivity contribution in [1.29, 1.82) is 0 Å². The lowest BCUT2D eigenvalue weighted by atomic mass is 9.61. The lowest BCUT2D eigenvalue weighted by Gasteiger charge is -2.46. The molecule has 1 amide bonds. The summed E-state index contributed by atoms with van der Waals surface area (Å²) >= 11 is 0. The topological polar surface area (TPSA) is 32.8 Å². The van der Waals surface area contributed by atoms with Gasteiger partial charge in [-0.15, -0.1) is 0 Å². The Balaban J connectivity index is 1.46. The van der Waals surface area contributed by atoms with Gasteiger partial charge in [-0.2, -0.15) is 0 Å². The van der Waals surface area contributed by atoms with E-state index in [-0.39, 0.29) is 16.7 Å². The van der Waals surface area contributed by atoms with Crippen LogP contribution < -0.4 is 0 Å². The van der Waals surface area contributed by atoms with Gasteiger partial charge in [-0.25, -0.2) is 0 Å². The van der Waals surface area contributed by atoms with Crippen LogP contribution in [0.5, 0.6) is 0 Å². The van der Waals surface area contributed by atoms with Crippen LogP contribution in [-0.2, 0) is 9.53 Å². The summed E-state index contributed by atoms with van der Waals surface area (Å²) in [5.41, 5.74) is 0.570. The highest BCUT2D eigenvalue weighted by Crippen LogP contribution is 2.48. The molecular weight excluding hydrogens is 312 g/mol. The zero-order chi connectivity index (χ0) is 18.1. The van der Waals surface area contributed by atoms with Crippen molar-refractivity contribution < 1.29 is 9.53 Å². The van der Waals surface area contributed by atoms with Crippen molar-refractivity contribution in [1.82, 2.24) is 9.80 Å². The molecule has 1 unspecified atom stereocenters. The molecule has 0 bridgehead atoms. The summed E-state index contributed by atoms with van der Waals surface area (Å²) in [6, 6.07) is 0. The Morgan fingerprint density at radius 2 is 1.68 bits per heavy atom. The molecule has 1 saturated carbocycles. The highest BCUT2D eigenvalue weighted by Gasteiger charge is 2.42. The summed E-state index contributed by atoms with van der Waals surface area (Å²) in [5, 5.41) is 0. The summed E-state index contributed by atoms with van der Waals surface area (Å²) in [5.74, 6) is 1.40. The highest BCUT2D eigenvalue weighted by molar-refractivity contribution is 5.79. The molecule has 0 aromatic rings. The molecule has 1 atom stereocenters. The van der Waals surface area contributed by atoms with E-state index in [1.165, 1.54) is 25.8 Å². The van der Waals surface area contributed by atoms with E-state index in [1.54, 1.807) is 0 Å². The largest absolute Gasteiger partial charge is 0.381 e. The predicted molar refractivity (Wildman–Crippen MR) is 101 cm³/mol. The second-order valence-electron chi connectivity index (χ2n) is 10.3. The maximum absolute atomic E-state index is 13.1. The molecule has 2 saturated heterocycles. The Morgan fingerprint density at radius 1 is 1.04 bits per heavy atom. The second kappa shape index (κ2) is 7.56. The smallest absolute Gasteiger partial charge is 0.225 e. The third-order valence-corrected chi connectivity index (χ3v) is 6.47. The molecule has 0 spiro atoms. The molecule has 0 radical (unpaired) electrons. The van der Waals surface area contributed by atoms with Crippen LogP contribution in [0.4, 0.5) is 0 Å². The molecular formula is C21H38N2O2. The van der Waals surface area contributed by atoms with Crippen molar-refractivity contribution in [3.8, 4) is 0 Å². The molecule has 3 rings (SSSR count). The molecule has 3 fully saturated rings. The van der Waals surface area contributed by atoms with Gasteiger partial charge < -0.3 is 9.64 Å². The Labute approximate surface area is 154 Å². The number of ether oxygens (including phenoxy) is 1. The quantitative estimate of drug-likeness (QED) is 0.779. The average Bonchev–Trinajstić information content (AvgIpc) is 3.03. The van der Waals surface area contributed by atoms with E-state index in [2.05, 4.69) is 37.5 Å². The average molecular weight is 351 g/mol. The van der Waals surface area contributed by atoms with Crippen molar-refractivity contribution in [2.45, 2.75) is 59.8 Å². The lowest BCUT2D eigenvalue weighted by molar-refractivity contribution is -0.142. The van der Waals surface area contributed by atoms with Crippen LogP contribution in [0.1, 0.15) is 59.8 Å². The van der Waals surface area contributed by atoms with E-state index in [0.29, 0.717) is 5.91 Å². The standard InChI is InChI=1S/C21H38N2O2/c1-20(2)13-18(14-21(3,4)16-20)19(24)23-10-8-22(9-11-23)7-5-17-6-12-25-15-17/h17-18H,5-16H2,1-4H3. The fourth-order valence-electron chi connectivity index (χ4n) is 5.65. The molecule has 3 aliphatic rings. The van der Waals surface area contributed by atoms with Crippen LogP contribution in [0.15, 0.2) is 0 Å². The number of hydrogen-bond acceptors (Lipinski definition) is 3. The maximum atomic E-state index is 13.1. The van der Waals surface area contributed by atoms with Gasteiger partial charge in [-0.1, -0.05) is 27.7 Å². The normalized spacial score (nSPS) is 30.6. The number of hydrogen-bond donors (Lipinski definition) is 0. The second-order valence-corrected chi connectivity index (χ2v) is 10.3. The molecule has 0 aromatic heterocycles. The van der Waals surface area contributed by atoms with Gasteiger partial charge in [-0.05, 0) is 55.4 Å². The first-order chi connectivity index (χ1) is 11.7. The summed E-state index contributed by atoms with van der Waals surface area (Å²) in [4.78, 5) is 17.8. The zero-order valence-electron chi connectivity index (χ0n) is 16.9. The SMILES string of the molecule is CC1(C)CC(C(=O)N2CCN(CCC3CCOC3)CC2)CC(C)(C)C1. The number of carbonyl (C=O) groups is 1. The van der Waals surface area contributed by atoms with Crippen molar-refractivity contribution in [2.24, 2.45) is 22.7 Å². The van der Waals surface area contributed by atoms with Crippen LogP contribution in [0.3, 0.4) is 0 Å². The Bertz CT molecular complexity index is 445. The van der Waals surface area contributed by atoms with Crippen molar-refractivity contribution in [3.05, 3.63) is 0 Å². The van der Waals surface area contributed by atoms with Crippen LogP contribution in [0.2, 0.25) is 0 Å². The van der Waals surface area contributed by atoms with Gasteiger partial charge in [0.15, 0.2) is 0 Å². The maximum Gasteiger partial charge on any atom is 0.225 e. The van der Waals surface area contributed by atoms with Gasteiger partial charge in [0.05, 0.1) is 0 Å². The van der Waals surface area contributed by atoms with Gasteiger partial charge in [-0.3, -0.25) is 9.69 Å². The first-order valence-corrected chi connectivity index (χ1v) is 10.3. The van der Waals surface area contributed by atoms with Gasteiger partial charge >= 0.3 is 0 Å². The highest BCUT2D eigenvalue weighted by atomic mass is 16.5. The first-order valence-electron chi connectivity index (χ1n) is 10.3. The van der Waals surface area contributed by atoms with Gasteiger partial charge in [0.1, 0.15) is 0 Å². The fraction of sp³-hybridized carbons (Fsp3) is 0.952. The molecule has 0 N–H and O–H groups in total. The zero-order valence-corrected chi connectivity index (χ0v) is 16.9. The van der Waals surface area contributed by atoms with Crippen LogP contribution in [0, 0.1) is 22.7 Å². The molecule has 1 aliphatic carbocycles. The summed E-state index contributed by atoms with van der Waals surface area (Å²) in [6.07, 6.45) is 5.81. The molecule has 2 aliphatic heterocycles. The third kappa shape index (κ3) is 5.19. The number of carbonyl (C=O) groups excluding carboxylic acids is 1.